The van der Waals surface area contributed by atoms with Gasteiger partial charge in [0, 0.05) is 43.5 Å². The van der Waals surface area contributed by atoms with Gasteiger partial charge in [-0.15, -0.1) is 0 Å². The Morgan fingerprint density at radius 2 is 1.58 bits per heavy atom. The van der Waals surface area contributed by atoms with Crippen LogP contribution in [0.2, 0.25) is 0 Å². The van der Waals surface area contributed by atoms with Crippen LogP contribution < -0.4 is 16.0 Å². The number of nitrogens with one attached hydrogen (secondary N) is 3. The van der Waals surface area contributed by atoms with E-state index in [9.17, 15) is 29.3 Å². The molecule has 0 unspecified atom stereocenters. The van der Waals surface area contributed by atoms with Crippen molar-refractivity contribution in [2.24, 2.45) is 0 Å². The van der Waals surface area contributed by atoms with Gasteiger partial charge >= 0.3 is 6.03 Å². The van der Waals surface area contributed by atoms with E-state index < -0.39 is 22.8 Å². The van der Waals surface area contributed by atoms with Crippen LogP contribution in [0.1, 0.15) is 34.1 Å². The summed E-state index contributed by atoms with van der Waals surface area (Å²) in [6.07, 6.45) is 0.308. The molecule has 0 aliphatic carbocycles. The average molecular weight is 425 g/mol. The van der Waals surface area contributed by atoms with Crippen LogP contribution in [0.25, 0.3) is 0 Å². The maximum atomic E-state index is 12.4. The van der Waals surface area contributed by atoms with Crippen molar-refractivity contribution in [3.05, 3.63) is 63.7 Å². The molecule has 2 aromatic rings. The molecule has 3 rings (SSSR count). The van der Waals surface area contributed by atoms with Crippen molar-refractivity contribution in [3.63, 3.8) is 0 Å². The lowest BCUT2D eigenvalue weighted by atomic mass is 10.1. The Bertz CT molecular complexity index is 1070. The van der Waals surface area contributed by atoms with E-state index >= 15 is 0 Å². The Labute approximate surface area is 176 Å². The number of benzene rings is 2. The Kier molecular flexibility index (Phi) is 6.24. The summed E-state index contributed by atoms with van der Waals surface area (Å²) in [5.41, 5.74) is 1.00. The van der Waals surface area contributed by atoms with Crippen LogP contribution in [0.4, 0.5) is 21.9 Å². The molecular weight excluding hydrogens is 406 g/mol. The van der Waals surface area contributed by atoms with Crippen molar-refractivity contribution in [2.45, 2.75) is 13.3 Å². The molecule has 0 bridgehead atoms. The first-order valence-electron chi connectivity index (χ1n) is 9.33. The summed E-state index contributed by atoms with van der Waals surface area (Å²) in [5.74, 6) is -1.30. The molecule has 2 aromatic carbocycles. The molecule has 1 aliphatic rings. The van der Waals surface area contributed by atoms with Crippen molar-refractivity contribution < 1.29 is 24.1 Å². The van der Waals surface area contributed by atoms with Gasteiger partial charge in [0.1, 0.15) is 0 Å². The summed E-state index contributed by atoms with van der Waals surface area (Å²) in [5, 5.41) is 18.7. The number of imide groups is 1. The van der Waals surface area contributed by atoms with Gasteiger partial charge in [-0.1, -0.05) is 0 Å². The van der Waals surface area contributed by atoms with E-state index in [0.717, 1.165) is 11.0 Å². The summed E-state index contributed by atoms with van der Waals surface area (Å²) < 4.78 is 0. The summed E-state index contributed by atoms with van der Waals surface area (Å²) in [7, 11) is 0. The van der Waals surface area contributed by atoms with Crippen LogP contribution in [0.15, 0.2) is 42.5 Å². The first kappa shape index (κ1) is 21.4. The average Bonchev–Trinajstić information content (AvgIpc) is 2.96. The summed E-state index contributed by atoms with van der Waals surface area (Å²) >= 11 is 0. The van der Waals surface area contributed by atoms with Crippen LogP contribution in [0.5, 0.6) is 0 Å². The Morgan fingerprint density at radius 3 is 2.19 bits per heavy atom. The molecule has 0 fully saturated rings. The standard InChI is InChI=1S/C20H19N5O6/c1-12(26)22-13-3-5-14(6-4-13)23-20(29)21-9-2-10-24-18(27)16-8-7-15(25(30)31)11-17(16)19(24)28/h3-8,11H,2,9-10H2,1H3,(H,22,26)(H2,21,23,29). The number of fused-ring (bicyclic) bond motifs is 1. The molecule has 0 saturated heterocycles. The Morgan fingerprint density at radius 1 is 0.968 bits per heavy atom. The van der Waals surface area contributed by atoms with Crippen LogP contribution >= 0.6 is 0 Å². The highest BCUT2D eigenvalue weighted by Gasteiger charge is 2.36. The molecule has 0 saturated carbocycles. The maximum absolute atomic E-state index is 12.4. The molecule has 1 aliphatic heterocycles. The van der Waals surface area contributed by atoms with Gasteiger partial charge in [0.2, 0.25) is 5.91 Å². The molecule has 3 N–H and O–H groups in total. The zero-order chi connectivity index (χ0) is 22.5. The van der Waals surface area contributed by atoms with Gasteiger partial charge in [0.25, 0.3) is 17.5 Å². The van der Waals surface area contributed by atoms with Gasteiger partial charge in [-0.25, -0.2) is 4.79 Å². The molecule has 0 aromatic heterocycles. The fraction of sp³-hybridized carbons (Fsp3) is 0.200. The van der Waals surface area contributed by atoms with Gasteiger partial charge in [0.05, 0.1) is 16.1 Å². The number of urea groups is 1. The summed E-state index contributed by atoms with van der Waals surface area (Å²) in [4.78, 5) is 59.0. The fourth-order valence-corrected chi connectivity index (χ4v) is 3.05. The molecule has 0 atom stereocenters. The van der Waals surface area contributed by atoms with Crippen LogP contribution in [0.3, 0.4) is 0 Å². The molecule has 5 amide bonds. The predicted octanol–water partition coefficient (Wildman–Crippen LogP) is 2.36. The third-order valence-electron chi connectivity index (χ3n) is 4.47. The number of nitro benzene ring substituents is 1. The third-order valence-corrected chi connectivity index (χ3v) is 4.47. The molecule has 31 heavy (non-hydrogen) atoms. The van der Waals surface area contributed by atoms with Crippen molar-refractivity contribution in [1.82, 2.24) is 10.2 Å². The molecular formula is C20H19N5O6. The number of carbonyl (C=O) groups excluding carboxylic acids is 4. The lowest BCUT2D eigenvalue weighted by Gasteiger charge is -2.14. The number of carbonyl (C=O) groups is 4. The smallest absolute Gasteiger partial charge is 0.319 e. The van der Waals surface area contributed by atoms with E-state index in [4.69, 9.17) is 0 Å². The predicted molar refractivity (Wildman–Crippen MR) is 111 cm³/mol. The van der Waals surface area contributed by atoms with Crippen molar-refractivity contribution in [2.75, 3.05) is 23.7 Å². The van der Waals surface area contributed by atoms with E-state index in [1.54, 1.807) is 24.3 Å². The summed E-state index contributed by atoms with van der Waals surface area (Å²) in [6, 6.07) is 9.63. The molecule has 160 valence electrons. The minimum atomic E-state index is -0.628. The quantitative estimate of drug-likeness (QED) is 0.268. The minimum Gasteiger partial charge on any atom is -0.338 e. The second-order valence-electron chi connectivity index (χ2n) is 6.74. The summed E-state index contributed by atoms with van der Waals surface area (Å²) in [6.45, 7) is 1.65. The highest BCUT2D eigenvalue weighted by Crippen LogP contribution is 2.26. The second kappa shape index (κ2) is 9.03. The van der Waals surface area contributed by atoms with Gasteiger partial charge in [-0.3, -0.25) is 29.4 Å². The van der Waals surface area contributed by atoms with Gasteiger partial charge < -0.3 is 16.0 Å². The zero-order valence-electron chi connectivity index (χ0n) is 16.5. The van der Waals surface area contributed by atoms with Gasteiger partial charge in [0.15, 0.2) is 0 Å². The van der Waals surface area contributed by atoms with Crippen LogP contribution in [-0.2, 0) is 4.79 Å². The number of non-ortho nitro benzene ring substituents is 1. The SMILES string of the molecule is CC(=O)Nc1ccc(NC(=O)NCCCN2C(=O)c3ccc([N+](=O)[O-])cc3C2=O)cc1. The van der Waals surface area contributed by atoms with Crippen molar-refractivity contribution in [1.29, 1.82) is 0 Å². The van der Waals surface area contributed by atoms with Gasteiger partial charge in [-0.05, 0) is 36.8 Å². The van der Waals surface area contributed by atoms with Crippen LogP contribution in [-0.4, -0.2) is 46.7 Å². The number of anilines is 2. The molecule has 0 spiro atoms. The van der Waals surface area contributed by atoms with E-state index in [-0.39, 0.29) is 35.8 Å². The largest absolute Gasteiger partial charge is 0.338 e. The van der Waals surface area contributed by atoms with Crippen molar-refractivity contribution >= 4 is 40.8 Å². The monoisotopic (exact) mass is 425 g/mol. The highest BCUT2D eigenvalue weighted by molar-refractivity contribution is 6.21. The fourth-order valence-electron chi connectivity index (χ4n) is 3.05. The first-order chi connectivity index (χ1) is 14.8. The zero-order valence-corrected chi connectivity index (χ0v) is 16.5. The Hall–Kier alpha value is -4.28. The number of nitro groups is 1. The minimum absolute atomic E-state index is 0.00705. The van der Waals surface area contributed by atoms with Gasteiger partial charge in [-0.2, -0.15) is 0 Å². The first-order valence-corrected chi connectivity index (χ1v) is 9.33. The highest BCUT2D eigenvalue weighted by atomic mass is 16.6. The molecule has 1 heterocycles. The third kappa shape index (κ3) is 5.01. The van der Waals surface area contributed by atoms with Crippen molar-refractivity contribution in [3.8, 4) is 0 Å². The number of amides is 5. The molecule has 0 radical (unpaired) electrons. The number of hydrogen-bond acceptors (Lipinski definition) is 6. The maximum Gasteiger partial charge on any atom is 0.319 e. The molecule has 11 nitrogen and oxygen atoms in total. The topological polar surface area (TPSA) is 151 Å². The lowest BCUT2D eigenvalue weighted by Crippen LogP contribution is -2.35. The number of rotatable bonds is 7. The second-order valence-corrected chi connectivity index (χ2v) is 6.74. The van der Waals surface area contributed by atoms with E-state index in [0.29, 0.717) is 17.8 Å². The van der Waals surface area contributed by atoms with Crippen LogP contribution in [0, 0.1) is 10.1 Å². The normalized spacial score (nSPS) is 12.4. The van der Waals surface area contributed by atoms with E-state index in [1.165, 1.54) is 19.1 Å². The molecule has 11 heteroatoms. The Balaban J connectivity index is 1.46. The number of nitrogens with zero attached hydrogens (tertiary/aromatic N) is 2. The number of hydrogen-bond donors (Lipinski definition) is 3. The van der Waals surface area contributed by atoms with E-state index in [1.807, 2.05) is 0 Å². The lowest BCUT2D eigenvalue weighted by molar-refractivity contribution is -0.384. The van der Waals surface area contributed by atoms with E-state index in [2.05, 4.69) is 16.0 Å².